The fourth-order valence-electron chi connectivity index (χ4n) is 2.77. The van der Waals surface area contributed by atoms with Crippen LogP contribution < -0.4 is 0 Å². The number of esters is 1. The van der Waals surface area contributed by atoms with Crippen molar-refractivity contribution >= 4 is 5.97 Å². The standard InChI is InChI=1S/C18H18O2/c19-18(16-7-2-1-3-8-16)20-13-14-10-11-15-6-4-5-9-17(15)12-14/h1-9,14H,10-13H2. The minimum Gasteiger partial charge on any atom is -0.462 e. The quantitative estimate of drug-likeness (QED) is 0.793. The summed E-state index contributed by atoms with van der Waals surface area (Å²) in [4.78, 5) is 11.9. The molecule has 20 heavy (non-hydrogen) atoms. The van der Waals surface area contributed by atoms with Crippen LogP contribution in [0.15, 0.2) is 54.6 Å². The van der Waals surface area contributed by atoms with Gasteiger partial charge < -0.3 is 4.74 Å². The first-order chi connectivity index (χ1) is 9.83. The second-order valence-electron chi connectivity index (χ2n) is 5.34. The molecule has 0 aromatic heterocycles. The van der Waals surface area contributed by atoms with E-state index in [9.17, 15) is 4.79 Å². The van der Waals surface area contributed by atoms with E-state index in [-0.39, 0.29) is 5.97 Å². The topological polar surface area (TPSA) is 26.3 Å². The highest BCUT2D eigenvalue weighted by molar-refractivity contribution is 5.89. The van der Waals surface area contributed by atoms with E-state index in [4.69, 9.17) is 4.74 Å². The largest absolute Gasteiger partial charge is 0.462 e. The molecular weight excluding hydrogens is 248 g/mol. The molecule has 3 rings (SSSR count). The van der Waals surface area contributed by atoms with Gasteiger partial charge >= 0.3 is 5.97 Å². The van der Waals surface area contributed by atoms with Crippen molar-refractivity contribution in [2.24, 2.45) is 5.92 Å². The van der Waals surface area contributed by atoms with Gasteiger partial charge in [0.2, 0.25) is 0 Å². The molecule has 0 aliphatic heterocycles. The maximum absolute atomic E-state index is 11.9. The molecule has 1 unspecified atom stereocenters. The molecule has 1 atom stereocenters. The molecule has 0 saturated carbocycles. The molecule has 0 bridgehead atoms. The molecule has 102 valence electrons. The highest BCUT2D eigenvalue weighted by Crippen LogP contribution is 2.25. The Labute approximate surface area is 119 Å². The molecule has 1 aliphatic rings. The average molecular weight is 266 g/mol. The zero-order valence-electron chi connectivity index (χ0n) is 11.4. The van der Waals surface area contributed by atoms with Gasteiger partial charge in [0.15, 0.2) is 0 Å². The molecule has 0 fully saturated rings. The van der Waals surface area contributed by atoms with Gasteiger partial charge in [0, 0.05) is 0 Å². The molecule has 0 radical (unpaired) electrons. The number of aryl methyl sites for hydroxylation is 1. The van der Waals surface area contributed by atoms with Gasteiger partial charge in [0.1, 0.15) is 0 Å². The first kappa shape index (κ1) is 12.9. The average Bonchev–Trinajstić information content (AvgIpc) is 2.53. The number of hydrogen-bond acceptors (Lipinski definition) is 2. The van der Waals surface area contributed by atoms with E-state index in [1.165, 1.54) is 11.1 Å². The summed E-state index contributed by atoms with van der Waals surface area (Å²) in [7, 11) is 0. The Morgan fingerprint density at radius 2 is 1.70 bits per heavy atom. The Bertz CT molecular complexity index is 589. The summed E-state index contributed by atoms with van der Waals surface area (Å²) in [6.07, 6.45) is 3.20. The van der Waals surface area contributed by atoms with Crippen LogP contribution in [-0.2, 0) is 17.6 Å². The summed E-state index contributed by atoms with van der Waals surface area (Å²) in [6, 6.07) is 17.7. The van der Waals surface area contributed by atoms with Gasteiger partial charge in [-0.1, -0.05) is 42.5 Å². The molecule has 2 aromatic carbocycles. The molecule has 0 amide bonds. The van der Waals surface area contributed by atoms with Gasteiger partial charge in [-0.25, -0.2) is 4.79 Å². The lowest BCUT2D eigenvalue weighted by Gasteiger charge is -2.24. The molecule has 0 N–H and O–H groups in total. The van der Waals surface area contributed by atoms with Gasteiger partial charge in [-0.05, 0) is 48.4 Å². The molecule has 1 aliphatic carbocycles. The van der Waals surface area contributed by atoms with Crippen LogP contribution in [-0.4, -0.2) is 12.6 Å². The summed E-state index contributed by atoms with van der Waals surface area (Å²) in [6.45, 7) is 0.516. The SMILES string of the molecule is O=C(OCC1CCc2ccccc2C1)c1ccccc1. The van der Waals surface area contributed by atoms with Crippen LogP contribution in [0.25, 0.3) is 0 Å². The highest BCUT2D eigenvalue weighted by atomic mass is 16.5. The minimum atomic E-state index is -0.218. The molecule has 0 heterocycles. The van der Waals surface area contributed by atoms with Crippen molar-refractivity contribution in [3.05, 3.63) is 71.3 Å². The summed E-state index contributed by atoms with van der Waals surface area (Å²) in [5, 5.41) is 0. The van der Waals surface area contributed by atoms with E-state index >= 15 is 0 Å². The molecule has 2 nitrogen and oxygen atoms in total. The Morgan fingerprint density at radius 1 is 1.00 bits per heavy atom. The van der Waals surface area contributed by atoms with E-state index in [0.717, 1.165) is 19.3 Å². The fourth-order valence-corrected chi connectivity index (χ4v) is 2.77. The fraction of sp³-hybridized carbons (Fsp3) is 0.278. The zero-order chi connectivity index (χ0) is 13.8. The van der Waals surface area contributed by atoms with Crippen LogP contribution in [0.5, 0.6) is 0 Å². The Hall–Kier alpha value is -2.09. The minimum absolute atomic E-state index is 0.218. The van der Waals surface area contributed by atoms with Crippen LogP contribution in [0.3, 0.4) is 0 Å². The Balaban J connectivity index is 1.57. The summed E-state index contributed by atoms with van der Waals surface area (Å²) in [5.41, 5.74) is 3.47. The van der Waals surface area contributed by atoms with Crippen molar-refractivity contribution in [2.75, 3.05) is 6.61 Å². The first-order valence-corrected chi connectivity index (χ1v) is 7.12. The van der Waals surface area contributed by atoms with Gasteiger partial charge in [-0.2, -0.15) is 0 Å². The Kier molecular flexibility index (Phi) is 3.82. The number of hydrogen-bond donors (Lipinski definition) is 0. The van der Waals surface area contributed by atoms with Crippen LogP contribution in [0, 0.1) is 5.92 Å². The van der Waals surface area contributed by atoms with Crippen molar-refractivity contribution < 1.29 is 9.53 Å². The van der Waals surface area contributed by atoms with Gasteiger partial charge in [-0.3, -0.25) is 0 Å². The highest BCUT2D eigenvalue weighted by Gasteiger charge is 2.19. The van der Waals surface area contributed by atoms with Crippen LogP contribution in [0.2, 0.25) is 0 Å². The van der Waals surface area contributed by atoms with Crippen molar-refractivity contribution in [1.29, 1.82) is 0 Å². The van der Waals surface area contributed by atoms with Crippen molar-refractivity contribution in [2.45, 2.75) is 19.3 Å². The molecule has 0 spiro atoms. The summed E-state index contributed by atoms with van der Waals surface area (Å²) < 4.78 is 5.44. The predicted octanol–water partition coefficient (Wildman–Crippen LogP) is 3.65. The molecule has 0 saturated heterocycles. The lowest BCUT2D eigenvalue weighted by atomic mass is 9.84. The van der Waals surface area contributed by atoms with E-state index in [2.05, 4.69) is 24.3 Å². The molecular formula is C18H18O2. The van der Waals surface area contributed by atoms with Crippen molar-refractivity contribution in [3.8, 4) is 0 Å². The van der Waals surface area contributed by atoms with E-state index in [1.54, 1.807) is 12.1 Å². The zero-order valence-corrected chi connectivity index (χ0v) is 11.4. The van der Waals surface area contributed by atoms with Crippen LogP contribution in [0.1, 0.15) is 27.9 Å². The van der Waals surface area contributed by atoms with Crippen molar-refractivity contribution in [3.63, 3.8) is 0 Å². The second kappa shape index (κ2) is 5.91. The smallest absolute Gasteiger partial charge is 0.338 e. The lowest BCUT2D eigenvalue weighted by molar-refractivity contribution is 0.0428. The van der Waals surface area contributed by atoms with Crippen LogP contribution in [0.4, 0.5) is 0 Å². The maximum Gasteiger partial charge on any atom is 0.338 e. The van der Waals surface area contributed by atoms with Gasteiger partial charge in [0.25, 0.3) is 0 Å². The summed E-state index contributed by atoms with van der Waals surface area (Å²) >= 11 is 0. The number of benzene rings is 2. The maximum atomic E-state index is 11.9. The third-order valence-corrected chi connectivity index (χ3v) is 3.91. The normalized spacial score (nSPS) is 17.3. The number of fused-ring (bicyclic) bond motifs is 1. The summed E-state index contributed by atoms with van der Waals surface area (Å²) in [5.74, 6) is 0.224. The molecule has 2 heteroatoms. The first-order valence-electron chi connectivity index (χ1n) is 7.12. The lowest BCUT2D eigenvalue weighted by Crippen LogP contribution is -2.21. The van der Waals surface area contributed by atoms with E-state index < -0.39 is 0 Å². The predicted molar refractivity (Wildman–Crippen MR) is 78.7 cm³/mol. The number of carbonyl (C=O) groups excluding carboxylic acids is 1. The third kappa shape index (κ3) is 2.90. The van der Waals surface area contributed by atoms with E-state index in [1.807, 2.05) is 18.2 Å². The monoisotopic (exact) mass is 266 g/mol. The van der Waals surface area contributed by atoms with Gasteiger partial charge in [-0.15, -0.1) is 0 Å². The Morgan fingerprint density at radius 3 is 2.50 bits per heavy atom. The van der Waals surface area contributed by atoms with Gasteiger partial charge in [0.05, 0.1) is 12.2 Å². The number of rotatable bonds is 3. The number of ether oxygens (including phenoxy) is 1. The molecule has 2 aromatic rings. The van der Waals surface area contributed by atoms with Crippen molar-refractivity contribution in [1.82, 2.24) is 0 Å². The second-order valence-corrected chi connectivity index (χ2v) is 5.34. The van der Waals surface area contributed by atoms with E-state index in [0.29, 0.717) is 18.1 Å². The third-order valence-electron chi connectivity index (χ3n) is 3.91. The number of carbonyl (C=O) groups is 1. The van der Waals surface area contributed by atoms with Crippen LogP contribution >= 0.6 is 0 Å².